The molecule has 2 rings (SSSR count). The number of nitrogens with one attached hydrogen (secondary N) is 1. The second kappa shape index (κ2) is 5.73. The summed E-state index contributed by atoms with van der Waals surface area (Å²) < 4.78 is 1.16. The zero-order valence-electron chi connectivity index (χ0n) is 9.66. The highest BCUT2D eigenvalue weighted by molar-refractivity contribution is 14.1. The minimum atomic E-state index is 0.810. The molecule has 0 saturated heterocycles. The van der Waals surface area contributed by atoms with Crippen molar-refractivity contribution >= 4 is 45.3 Å². The smallest absolute Gasteiger partial charge is 0.0497 e. The van der Waals surface area contributed by atoms with E-state index in [1.165, 1.54) is 10.4 Å². The summed E-state index contributed by atoms with van der Waals surface area (Å²) in [6.07, 6.45) is 1.10. The van der Waals surface area contributed by atoms with E-state index in [1.807, 2.05) is 29.5 Å². The van der Waals surface area contributed by atoms with E-state index in [1.54, 1.807) is 0 Å². The molecule has 4 heteroatoms. The van der Waals surface area contributed by atoms with Crippen LogP contribution in [0.5, 0.6) is 0 Å². The van der Waals surface area contributed by atoms with Gasteiger partial charge in [0.25, 0.3) is 0 Å². The molecule has 1 aromatic heterocycles. The van der Waals surface area contributed by atoms with Crippen molar-refractivity contribution in [2.24, 2.45) is 0 Å². The maximum Gasteiger partial charge on any atom is 0.0497 e. The Bertz CT molecular complexity index is 508. The standard InChI is InChI=1S/C13H15IN2S/c1-2-9-5-6-17-13(9)8-16-12-4-3-10(15)7-11(12)14/h3-7,16H,2,8,15H2,1H3. The summed E-state index contributed by atoms with van der Waals surface area (Å²) in [6, 6.07) is 8.16. The first-order chi connectivity index (χ1) is 8.20. The monoisotopic (exact) mass is 358 g/mol. The van der Waals surface area contributed by atoms with Crippen LogP contribution in [0.1, 0.15) is 17.4 Å². The Balaban J connectivity index is 2.07. The van der Waals surface area contributed by atoms with Crippen molar-refractivity contribution in [3.05, 3.63) is 43.7 Å². The first-order valence-corrected chi connectivity index (χ1v) is 7.50. The SMILES string of the molecule is CCc1ccsc1CNc1ccc(N)cc1I. The van der Waals surface area contributed by atoms with Gasteiger partial charge in [0, 0.05) is 26.4 Å². The minimum absolute atomic E-state index is 0.810. The minimum Gasteiger partial charge on any atom is -0.399 e. The van der Waals surface area contributed by atoms with Crippen molar-refractivity contribution in [2.45, 2.75) is 19.9 Å². The van der Waals surface area contributed by atoms with Gasteiger partial charge in [0.2, 0.25) is 0 Å². The molecule has 90 valence electrons. The molecule has 0 radical (unpaired) electrons. The Hall–Kier alpha value is -0.750. The van der Waals surface area contributed by atoms with Crippen LogP contribution >= 0.6 is 33.9 Å². The van der Waals surface area contributed by atoms with E-state index in [0.29, 0.717) is 0 Å². The Morgan fingerprint density at radius 2 is 2.18 bits per heavy atom. The van der Waals surface area contributed by atoms with Crippen molar-refractivity contribution < 1.29 is 0 Å². The maximum atomic E-state index is 5.73. The predicted molar refractivity (Wildman–Crippen MR) is 84.6 cm³/mol. The third kappa shape index (κ3) is 3.13. The van der Waals surface area contributed by atoms with E-state index in [-0.39, 0.29) is 0 Å². The zero-order valence-corrected chi connectivity index (χ0v) is 12.6. The molecule has 17 heavy (non-hydrogen) atoms. The fraction of sp³-hybridized carbons (Fsp3) is 0.231. The first kappa shape index (κ1) is 12.7. The van der Waals surface area contributed by atoms with Gasteiger partial charge in [-0.2, -0.15) is 0 Å². The molecule has 0 amide bonds. The van der Waals surface area contributed by atoms with Gasteiger partial charge >= 0.3 is 0 Å². The number of hydrogen-bond acceptors (Lipinski definition) is 3. The quantitative estimate of drug-likeness (QED) is 0.638. The second-order valence-corrected chi connectivity index (χ2v) is 5.98. The number of halogens is 1. The highest BCUT2D eigenvalue weighted by atomic mass is 127. The van der Waals surface area contributed by atoms with E-state index in [0.717, 1.165) is 27.9 Å². The summed E-state index contributed by atoms with van der Waals surface area (Å²) >= 11 is 4.12. The van der Waals surface area contributed by atoms with Crippen molar-refractivity contribution in [3.63, 3.8) is 0 Å². The predicted octanol–water partition coefficient (Wildman–Crippen LogP) is 4.11. The van der Waals surface area contributed by atoms with E-state index in [2.05, 4.69) is 46.3 Å². The summed E-state index contributed by atoms with van der Waals surface area (Å²) in [7, 11) is 0. The summed E-state index contributed by atoms with van der Waals surface area (Å²) in [5.74, 6) is 0. The highest BCUT2D eigenvalue weighted by Gasteiger charge is 2.04. The molecule has 0 saturated carbocycles. The third-order valence-electron chi connectivity index (χ3n) is 2.65. The van der Waals surface area contributed by atoms with Crippen LogP contribution < -0.4 is 11.1 Å². The number of nitrogens with two attached hydrogens (primary N) is 1. The van der Waals surface area contributed by atoms with Crippen LogP contribution in [-0.2, 0) is 13.0 Å². The highest BCUT2D eigenvalue weighted by Crippen LogP contribution is 2.23. The molecule has 0 aliphatic rings. The molecule has 0 fully saturated rings. The molecule has 3 N–H and O–H groups in total. The Kier molecular flexibility index (Phi) is 4.28. The fourth-order valence-electron chi connectivity index (χ4n) is 1.69. The van der Waals surface area contributed by atoms with E-state index >= 15 is 0 Å². The molecule has 0 aliphatic carbocycles. The topological polar surface area (TPSA) is 38.0 Å². The van der Waals surface area contributed by atoms with Crippen LogP contribution in [0.2, 0.25) is 0 Å². The second-order valence-electron chi connectivity index (χ2n) is 3.82. The van der Waals surface area contributed by atoms with Gasteiger partial charge in [-0.05, 0) is 64.2 Å². The number of nitrogen functional groups attached to an aromatic ring is 1. The molecule has 2 nitrogen and oxygen atoms in total. The van der Waals surface area contributed by atoms with Crippen molar-refractivity contribution in [1.29, 1.82) is 0 Å². The van der Waals surface area contributed by atoms with E-state index in [4.69, 9.17) is 5.73 Å². The number of thiophene rings is 1. The Morgan fingerprint density at radius 1 is 1.35 bits per heavy atom. The zero-order chi connectivity index (χ0) is 12.3. The molecule has 0 atom stereocenters. The molecule has 0 aliphatic heterocycles. The van der Waals surface area contributed by atoms with Crippen molar-refractivity contribution in [3.8, 4) is 0 Å². The van der Waals surface area contributed by atoms with Crippen LogP contribution in [0, 0.1) is 3.57 Å². The normalized spacial score (nSPS) is 10.5. The lowest BCUT2D eigenvalue weighted by molar-refractivity contribution is 1.08. The molecule has 1 heterocycles. The molecule has 0 spiro atoms. The fourth-order valence-corrected chi connectivity index (χ4v) is 3.33. The van der Waals surface area contributed by atoms with Crippen LogP contribution in [0.25, 0.3) is 0 Å². The van der Waals surface area contributed by atoms with Gasteiger partial charge in [-0.3, -0.25) is 0 Å². The molecule has 0 bridgehead atoms. The van der Waals surface area contributed by atoms with Gasteiger partial charge in [-0.15, -0.1) is 11.3 Å². The molecule has 2 aromatic rings. The lowest BCUT2D eigenvalue weighted by Gasteiger charge is -2.09. The maximum absolute atomic E-state index is 5.73. The Labute approximate surface area is 119 Å². The number of rotatable bonds is 4. The van der Waals surface area contributed by atoms with E-state index in [9.17, 15) is 0 Å². The van der Waals surface area contributed by atoms with Crippen LogP contribution in [0.4, 0.5) is 11.4 Å². The average molecular weight is 358 g/mol. The lowest BCUT2D eigenvalue weighted by atomic mass is 10.2. The van der Waals surface area contributed by atoms with Crippen molar-refractivity contribution in [1.82, 2.24) is 0 Å². The molecular formula is C13H15IN2S. The molecular weight excluding hydrogens is 343 g/mol. The van der Waals surface area contributed by atoms with Gasteiger partial charge < -0.3 is 11.1 Å². The van der Waals surface area contributed by atoms with Gasteiger partial charge in [0.1, 0.15) is 0 Å². The summed E-state index contributed by atoms with van der Waals surface area (Å²) in [4.78, 5) is 1.42. The first-order valence-electron chi connectivity index (χ1n) is 5.55. The van der Waals surface area contributed by atoms with Gasteiger partial charge in [0.15, 0.2) is 0 Å². The number of hydrogen-bond donors (Lipinski definition) is 2. The van der Waals surface area contributed by atoms with Crippen LogP contribution in [-0.4, -0.2) is 0 Å². The summed E-state index contributed by atoms with van der Waals surface area (Å²) in [6.45, 7) is 3.08. The van der Waals surface area contributed by atoms with Gasteiger partial charge in [-0.1, -0.05) is 6.92 Å². The number of anilines is 2. The third-order valence-corrected chi connectivity index (χ3v) is 4.51. The van der Waals surface area contributed by atoms with Crippen molar-refractivity contribution in [2.75, 3.05) is 11.1 Å². The van der Waals surface area contributed by atoms with Gasteiger partial charge in [0.05, 0.1) is 0 Å². The number of benzene rings is 1. The largest absolute Gasteiger partial charge is 0.399 e. The summed E-state index contributed by atoms with van der Waals surface area (Å²) in [5, 5.41) is 5.62. The number of aryl methyl sites for hydroxylation is 1. The Morgan fingerprint density at radius 3 is 2.88 bits per heavy atom. The van der Waals surface area contributed by atoms with Gasteiger partial charge in [-0.25, -0.2) is 0 Å². The molecule has 0 unspecified atom stereocenters. The van der Waals surface area contributed by atoms with Crippen LogP contribution in [0.15, 0.2) is 29.6 Å². The van der Waals surface area contributed by atoms with Crippen LogP contribution in [0.3, 0.4) is 0 Å². The molecule has 1 aromatic carbocycles. The lowest BCUT2D eigenvalue weighted by Crippen LogP contribution is -2.01. The van der Waals surface area contributed by atoms with E-state index < -0.39 is 0 Å². The summed E-state index contributed by atoms with van der Waals surface area (Å²) in [5.41, 5.74) is 9.13. The average Bonchev–Trinajstić information content (AvgIpc) is 2.75.